The standard InChI is InChI=1S/C32H48O5/c1-6-8-10-11-26-12-14-27(15-13-26)28-16-18-29(19-17-28)32(20-9-7-2,22-36-30(34)24(3)4)23-37-31(35)25(5)21-33/h16-19,26-27,33H,3,5-15,20-23H2,1-2,4H3. The average Bonchev–Trinajstić information content (AvgIpc) is 2.92. The van der Waals surface area contributed by atoms with Crippen LogP contribution in [0.15, 0.2) is 48.6 Å². The minimum atomic E-state index is -0.692. The number of unbranched alkanes of at least 4 members (excludes halogenated alkanes) is 3. The first-order valence-corrected chi connectivity index (χ1v) is 14.1. The molecule has 1 N–H and O–H groups in total. The molecule has 5 nitrogen and oxygen atoms in total. The predicted octanol–water partition coefficient (Wildman–Crippen LogP) is 7.18. The first kappa shape index (κ1) is 30.8. The second-order valence-electron chi connectivity index (χ2n) is 10.9. The highest BCUT2D eigenvalue weighted by atomic mass is 16.5. The molecule has 0 amide bonds. The monoisotopic (exact) mass is 512 g/mol. The Labute approximate surface area is 224 Å². The van der Waals surface area contributed by atoms with Crippen LogP contribution in [0.5, 0.6) is 0 Å². The number of ether oxygens (including phenoxy) is 2. The predicted molar refractivity (Wildman–Crippen MR) is 149 cm³/mol. The van der Waals surface area contributed by atoms with Crippen LogP contribution in [-0.4, -0.2) is 36.9 Å². The lowest BCUT2D eigenvalue weighted by Gasteiger charge is -2.34. The molecule has 5 heteroatoms. The van der Waals surface area contributed by atoms with Crippen molar-refractivity contribution in [2.45, 2.75) is 103 Å². The molecule has 1 aromatic rings. The molecule has 1 saturated carbocycles. The number of carbonyl (C=O) groups is 2. The fourth-order valence-corrected chi connectivity index (χ4v) is 5.29. The van der Waals surface area contributed by atoms with E-state index in [1.807, 2.05) is 0 Å². The van der Waals surface area contributed by atoms with E-state index in [4.69, 9.17) is 9.47 Å². The second kappa shape index (κ2) is 15.8. The number of hydrogen-bond donors (Lipinski definition) is 1. The van der Waals surface area contributed by atoms with Gasteiger partial charge in [0.05, 0.1) is 17.6 Å². The lowest BCUT2D eigenvalue weighted by atomic mass is 9.74. The van der Waals surface area contributed by atoms with Crippen molar-refractivity contribution in [2.24, 2.45) is 5.92 Å². The average molecular weight is 513 g/mol. The van der Waals surface area contributed by atoms with Gasteiger partial charge in [0, 0.05) is 5.57 Å². The highest BCUT2D eigenvalue weighted by molar-refractivity contribution is 5.88. The molecule has 1 aliphatic carbocycles. The third-order valence-electron chi connectivity index (χ3n) is 7.85. The van der Waals surface area contributed by atoms with E-state index >= 15 is 0 Å². The van der Waals surface area contributed by atoms with Crippen molar-refractivity contribution >= 4 is 11.9 Å². The van der Waals surface area contributed by atoms with Gasteiger partial charge in [-0.2, -0.15) is 0 Å². The van der Waals surface area contributed by atoms with Crippen molar-refractivity contribution in [3.63, 3.8) is 0 Å². The zero-order valence-electron chi connectivity index (χ0n) is 23.4. The molecule has 0 spiro atoms. The van der Waals surface area contributed by atoms with E-state index in [1.165, 1.54) is 56.9 Å². The fourth-order valence-electron chi connectivity index (χ4n) is 5.29. The summed E-state index contributed by atoms with van der Waals surface area (Å²) in [7, 11) is 0. The molecule has 0 heterocycles. The summed E-state index contributed by atoms with van der Waals surface area (Å²) in [6.45, 7) is 12.9. The van der Waals surface area contributed by atoms with Crippen molar-refractivity contribution in [3.8, 4) is 0 Å². The van der Waals surface area contributed by atoms with E-state index in [9.17, 15) is 14.7 Å². The Morgan fingerprint density at radius 2 is 1.51 bits per heavy atom. The molecule has 0 aromatic heterocycles. The third kappa shape index (κ3) is 9.45. The number of aliphatic hydroxyl groups excluding tert-OH is 1. The van der Waals surface area contributed by atoms with Gasteiger partial charge in [-0.3, -0.25) is 0 Å². The van der Waals surface area contributed by atoms with Gasteiger partial charge in [-0.25, -0.2) is 9.59 Å². The second-order valence-corrected chi connectivity index (χ2v) is 10.9. The number of rotatable bonds is 16. The number of carbonyl (C=O) groups excluding carboxylic acids is 2. The highest BCUT2D eigenvalue weighted by Gasteiger charge is 2.36. The summed E-state index contributed by atoms with van der Waals surface area (Å²) in [5, 5.41) is 9.28. The van der Waals surface area contributed by atoms with Crippen molar-refractivity contribution < 1.29 is 24.2 Å². The fraction of sp³-hybridized carbons (Fsp3) is 0.625. The summed E-state index contributed by atoms with van der Waals surface area (Å²) >= 11 is 0. The Hall–Kier alpha value is -2.40. The molecule has 1 unspecified atom stereocenters. The lowest BCUT2D eigenvalue weighted by molar-refractivity contribution is -0.146. The van der Waals surface area contributed by atoms with E-state index in [1.54, 1.807) is 6.92 Å². The van der Waals surface area contributed by atoms with E-state index in [-0.39, 0.29) is 18.8 Å². The molecule has 37 heavy (non-hydrogen) atoms. The maximum Gasteiger partial charge on any atom is 0.335 e. The van der Waals surface area contributed by atoms with Crippen molar-refractivity contribution in [1.82, 2.24) is 0 Å². The molecule has 1 aromatic carbocycles. The Kier molecular flexibility index (Phi) is 13.1. The summed E-state index contributed by atoms with van der Waals surface area (Å²) in [5.41, 5.74) is 1.97. The minimum Gasteiger partial charge on any atom is -0.461 e. The maximum atomic E-state index is 12.3. The van der Waals surface area contributed by atoms with Crippen LogP contribution in [-0.2, 0) is 24.5 Å². The quantitative estimate of drug-likeness (QED) is 0.144. The molecule has 1 aliphatic rings. The molecule has 206 valence electrons. The van der Waals surface area contributed by atoms with E-state index in [2.05, 4.69) is 51.3 Å². The van der Waals surface area contributed by atoms with Gasteiger partial charge < -0.3 is 14.6 Å². The number of benzene rings is 1. The zero-order valence-corrected chi connectivity index (χ0v) is 23.4. The third-order valence-corrected chi connectivity index (χ3v) is 7.85. The first-order chi connectivity index (χ1) is 17.8. The Morgan fingerprint density at radius 3 is 2.05 bits per heavy atom. The summed E-state index contributed by atoms with van der Waals surface area (Å²) < 4.78 is 11.2. The van der Waals surface area contributed by atoms with Gasteiger partial charge >= 0.3 is 11.9 Å². The maximum absolute atomic E-state index is 12.3. The summed E-state index contributed by atoms with van der Waals surface area (Å²) in [6.07, 6.45) is 12.9. The number of esters is 2. The Morgan fingerprint density at radius 1 is 0.919 bits per heavy atom. The van der Waals surface area contributed by atoms with Crippen molar-refractivity contribution in [2.75, 3.05) is 19.8 Å². The van der Waals surface area contributed by atoms with Crippen LogP contribution >= 0.6 is 0 Å². The van der Waals surface area contributed by atoms with Gasteiger partial charge in [0.2, 0.25) is 0 Å². The zero-order chi connectivity index (χ0) is 27.3. The molecule has 1 fully saturated rings. The first-order valence-electron chi connectivity index (χ1n) is 14.1. The van der Waals surface area contributed by atoms with E-state index in [0.717, 1.165) is 24.3 Å². The van der Waals surface area contributed by atoms with Crippen LogP contribution in [0.4, 0.5) is 0 Å². The van der Waals surface area contributed by atoms with Crippen LogP contribution in [0.1, 0.15) is 108 Å². The van der Waals surface area contributed by atoms with Crippen LogP contribution in [0.25, 0.3) is 0 Å². The van der Waals surface area contributed by atoms with Crippen LogP contribution < -0.4 is 0 Å². The molecule has 0 bridgehead atoms. The van der Waals surface area contributed by atoms with E-state index in [0.29, 0.717) is 17.9 Å². The largest absolute Gasteiger partial charge is 0.461 e. The number of aliphatic hydroxyl groups is 1. The number of hydrogen-bond acceptors (Lipinski definition) is 5. The van der Waals surface area contributed by atoms with Gasteiger partial charge in [0.25, 0.3) is 0 Å². The van der Waals surface area contributed by atoms with Crippen molar-refractivity contribution in [1.29, 1.82) is 0 Å². The van der Waals surface area contributed by atoms with Crippen LogP contribution in [0.3, 0.4) is 0 Å². The molecule has 0 aliphatic heterocycles. The molecule has 2 rings (SSSR count). The lowest BCUT2D eigenvalue weighted by Crippen LogP contribution is -2.39. The van der Waals surface area contributed by atoms with Crippen LogP contribution in [0, 0.1) is 5.92 Å². The molecule has 0 radical (unpaired) electrons. The Balaban J connectivity index is 2.21. The highest BCUT2D eigenvalue weighted by Crippen LogP contribution is 2.39. The van der Waals surface area contributed by atoms with E-state index < -0.39 is 24.0 Å². The molecule has 0 saturated heterocycles. The summed E-state index contributed by atoms with van der Waals surface area (Å²) in [5.74, 6) is 0.352. The molecule has 1 atom stereocenters. The molecular weight excluding hydrogens is 464 g/mol. The summed E-state index contributed by atoms with van der Waals surface area (Å²) in [4.78, 5) is 24.6. The Bertz CT molecular complexity index is 879. The SMILES string of the molecule is C=C(C)C(=O)OCC(CCCC)(COC(=O)C(=C)CO)c1ccc(C2CCC(CCCCC)CC2)cc1. The molecular formula is C32H48O5. The van der Waals surface area contributed by atoms with Gasteiger partial charge in [0.15, 0.2) is 0 Å². The smallest absolute Gasteiger partial charge is 0.335 e. The van der Waals surface area contributed by atoms with Gasteiger partial charge in [-0.1, -0.05) is 89.8 Å². The normalized spacial score (nSPS) is 19.0. The summed E-state index contributed by atoms with van der Waals surface area (Å²) in [6, 6.07) is 8.63. The van der Waals surface area contributed by atoms with Gasteiger partial charge in [-0.05, 0) is 62.0 Å². The van der Waals surface area contributed by atoms with Crippen molar-refractivity contribution in [3.05, 3.63) is 59.7 Å². The minimum absolute atomic E-state index is 0.00367. The van der Waals surface area contributed by atoms with Crippen LogP contribution in [0.2, 0.25) is 0 Å². The van der Waals surface area contributed by atoms with Gasteiger partial charge in [0.1, 0.15) is 13.2 Å². The van der Waals surface area contributed by atoms with Gasteiger partial charge in [-0.15, -0.1) is 0 Å². The topological polar surface area (TPSA) is 72.8 Å².